The Morgan fingerprint density at radius 1 is 1.20 bits per heavy atom. The number of aromatic nitrogens is 1. The van der Waals surface area contributed by atoms with Gasteiger partial charge in [0.15, 0.2) is 0 Å². The molecule has 3 rings (SSSR count). The van der Waals surface area contributed by atoms with E-state index in [2.05, 4.69) is 27.7 Å². The number of pyridine rings is 1. The molecule has 0 spiro atoms. The van der Waals surface area contributed by atoms with E-state index in [0.717, 1.165) is 48.1 Å². The average Bonchev–Trinajstić information content (AvgIpc) is 2.70. The number of nitrogens with zero attached hydrogens (tertiary/aromatic N) is 2. The van der Waals surface area contributed by atoms with Gasteiger partial charge in [-0.3, -0.25) is 0 Å². The number of anilines is 2. The third kappa shape index (κ3) is 6.69. The summed E-state index contributed by atoms with van der Waals surface area (Å²) in [6.07, 6.45) is 3.49. The van der Waals surface area contributed by atoms with E-state index in [1.165, 1.54) is 0 Å². The van der Waals surface area contributed by atoms with Gasteiger partial charge >= 0.3 is 6.09 Å². The van der Waals surface area contributed by atoms with Crippen LogP contribution in [0, 0.1) is 5.92 Å². The van der Waals surface area contributed by atoms with Gasteiger partial charge in [-0.15, -0.1) is 0 Å². The van der Waals surface area contributed by atoms with Crippen LogP contribution in [-0.2, 0) is 4.74 Å². The van der Waals surface area contributed by atoms with Gasteiger partial charge in [-0.2, -0.15) is 0 Å². The first kappa shape index (κ1) is 23.0. The zero-order valence-electron chi connectivity index (χ0n) is 17.1. The van der Waals surface area contributed by atoms with Crippen LogP contribution in [0.5, 0.6) is 0 Å². The van der Waals surface area contributed by atoms with Crippen LogP contribution in [0.3, 0.4) is 0 Å². The van der Waals surface area contributed by atoms with E-state index in [0.29, 0.717) is 18.5 Å². The van der Waals surface area contributed by atoms with Gasteiger partial charge < -0.3 is 20.3 Å². The van der Waals surface area contributed by atoms with Crippen LogP contribution in [-0.4, -0.2) is 48.2 Å². The molecule has 164 valence electrons. The minimum atomic E-state index is -1.59. The molecule has 0 aliphatic heterocycles. The number of alkyl halides is 3. The highest BCUT2D eigenvalue weighted by Gasteiger charge is 2.24. The SMILES string of the molecule is CN(C)c1cc(NC2CCC(CNC(=O)OCC(Cl)(Cl)Cl)CC2)nc2ccccc12. The predicted octanol–water partition coefficient (Wildman–Crippen LogP) is 5.37. The van der Waals surface area contributed by atoms with E-state index in [4.69, 9.17) is 44.5 Å². The van der Waals surface area contributed by atoms with Crippen molar-refractivity contribution in [1.82, 2.24) is 10.3 Å². The smallest absolute Gasteiger partial charge is 0.407 e. The number of ether oxygens (including phenoxy) is 1. The molecule has 0 atom stereocenters. The van der Waals surface area contributed by atoms with Crippen molar-refractivity contribution in [3.8, 4) is 0 Å². The Labute approximate surface area is 192 Å². The summed E-state index contributed by atoms with van der Waals surface area (Å²) in [7, 11) is 4.09. The second-order valence-corrected chi connectivity index (χ2v) is 10.4. The van der Waals surface area contributed by atoms with Gasteiger partial charge in [0.25, 0.3) is 0 Å². The molecular weight excluding hydrogens is 447 g/mol. The van der Waals surface area contributed by atoms with Crippen LogP contribution < -0.4 is 15.5 Å². The van der Waals surface area contributed by atoms with Crippen LogP contribution >= 0.6 is 34.8 Å². The molecule has 0 bridgehead atoms. The summed E-state index contributed by atoms with van der Waals surface area (Å²) in [5, 5.41) is 7.49. The van der Waals surface area contributed by atoms with Gasteiger partial charge in [0.05, 0.1) is 5.52 Å². The maximum absolute atomic E-state index is 11.7. The van der Waals surface area contributed by atoms with Crippen molar-refractivity contribution in [3.05, 3.63) is 30.3 Å². The van der Waals surface area contributed by atoms with Crippen LogP contribution in [0.15, 0.2) is 30.3 Å². The first-order valence-corrected chi connectivity index (χ1v) is 11.2. The number of para-hydroxylation sites is 1. The lowest BCUT2D eigenvalue weighted by atomic mass is 9.86. The topological polar surface area (TPSA) is 66.5 Å². The van der Waals surface area contributed by atoms with Crippen LogP contribution in [0.25, 0.3) is 10.9 Å². The van der Waals surface area contributed by atoms with E-state index in [9.17, 15) is 4.79 Å². The third-order valence-corrected chi connectivity index (χ3v) is 5.60. The van der Waals surface area contributed by atoms with E-state index in [-0.39, 0.29) is 6.61 Å². The molecule has 1 aromatic heterocycles. The summed E-state index contributed by atoms with van der Waals surface area (Å²) in [6.45, 7) is 0.290. The normalized spacial score (nSPS) is 19.4. The fourth-order valence-electron chi connectivity index (χ4n) is 3.75. The quantitative estimate of drug-likeness (QED) is 0.552. The third-order valence-electron chi connectivity index (χ3n) is 5.28. The Hall–Kier alpha value is -1.63. The van der Waals surface area contributed by atoms with Crippen LogP contribution in [0.2, 0.25) is 0 Å². The van der Waals surface area contributed by atoms with Crippen molar-refractivity contribution in [2.24, 2.45) is 5.92 Å². The van der Waals surface area contributed by atoms with Crippen molar-refractivity contribution in [2.45, 2.75) is 35.5 Å². The summed E-state index contributed by atoms with van der Waals surface area (Å²) >= 11 is 16.7. The van der Waals surface area contributed by atoms with E-state index >= 15 is 0 Å². The average molecular weight is 474 g/mol. The molecule has 1 amide bonds. The summed E-state index contributed by atoms with van der Waals surface area (Å²) in [5.74, 6) is 1.31. The second-order valence-electron chi connectivity index (χ2n) is 7.87. The first-order valence-electron chi connectivity index (χ1n) is 10.0. The number of carbonyl (C=O) groups excluding carboxylic acids is 1. The zero-order valence-corrected chi connectivity index (χ0v) is 19.4. The fraction of sp³-hybridized carbons (Fsp3) is 0.524. The minimum Gasteiger partial charge on any atom is -0.445 e. The summed E-state index contributed by atoms with van der Waals surface area (Å²) in [6, 6.07) is 10.6. The highest BCUT2D eigenvalue weighted by atomic mass is 35.6. The Morgan fingerprint density at radius 2 is 1.90 bits per heavy atom. The number of hydrogen-bond donors (Lipinski definition) is 2. The molecule has 30 heavy (non-hydrogen) atoms. The molecule has 2 N–H and O–H groups in total. The van der Waals surface area contributed by atoms with E-state index < -0.39 is 9.89 Å². The van der Waals surface area contributed by atoms with Gasteiger partial charge in [0.2, 0.25) is 3.79 Å². The van der Waals surface area contributed by atoms with Crippen molar-refractivity contribution in [2.75, 3.05) is 37.5 Å². The highest BCUT2D eigenvalue weighted by molar-refractivity contribution is 6.67. The number of amides is 1. The number of carbonyl (C=O) groups is 1. The number of nitrogens with one attached hydrogen (secondary N) is 2. The maximum Gasteiger partial charge on any atom is 0.407 e. The standard InChI is InChI=1S/C21H27Cl3N4O2/c1-28(2)18-11-19(27-17-6-4-3-5-16(17)18)26-15-9-7-14(8-10-15)12-25-20(29)30-13-21(22,23)24/h3-6,11,14-15H,7-10,12-13H2,1-2H3,(H,25,29)(H,26,27). The maximum atomic E-state index is 11.7. The molecule has 1 aromatic carbocycles. The Balaban J connectivity index is 1.50. The molecule has 9 heteroatoms. The first-order chi connectivity index (χ1) is 14.2. The Morgan fingerprint density at radius 3 is 2.57 bits per heavy atom. The van der Waals surface area contributed by atoms with Crippen LogP contribution in [0.1, 0.15) is 25.7 Å². The lowest BCUT2D eigenvalue weighted by Crippen LogP contribution is -2.35. The molecule has 0 unspecified atom stereocenters. The van der Waals surface area contributed by atoms with Crippen molar-refractivity contribution in [1.29, 1.82) is 0 Å². The molecule has 0 radical (unpaired) electrons. The number of benzene rings is 1. The largest absolute Gasteiger partial charge is 0.445 e. The van der Waals surface area contributed by atoms with Gasteiger partial charge in [-0.05, 0) is 37.7 Å². The van der Waals surface area contributed by atoms with Gasteiger partial charge in [0, 0.05) is 43.8 Å². The lowest BCUT2D eigenvalue weighted by molar-refractivity contribution is 0.145. The summed E-state index contributed by atoms with van der Waals surface area (Å²) < 4.78 is 3.30. The zero-order chi connectivity index (χ0) is 21.7. The fourth-order valence-corrected chi connectivity index (χ4v) is 3.91. The number of fused-ring (bicyclic) bond motifs is 1. The van der Waals surface area contributed by atoms with Gasteiger partial charge in [-0.25, -0.2) is 9.78 Å². The predicted molar refractivity (Wildman–Crippen MR) is 125 cm³/mol. The monoisotopic (exact) mass is 472 g/mol. The minimum absolute atomic E-state index is 0.270. The molecular formula is C21H27Cl3N4O2. The highest BCUT2D eigenvalue weighted by Crippen LogP contribution is 2.30. The van der Waals surface area contributed by atoms with Crippen LogP contribution in [0.4, 0.5) is 16.3 Å². The summed E-state index contributed by atoms with van der Waals surface area (Å²) in [4.78, 5) is 18.6. The van der Waals surface area contributed by atoms with Gasteiger partial charge in [-0.1, -0.05) is 53.0 Å². The van der Waals surface area contributed by atoms with Gasteiger partial charge in [0.1, 0.15) is 12.4 Å². The number of halogens is 3. The molecule has 1 aliphatic carbocycles. The number of rotatable bonds is 6. The summed E-state index contributed by atoms with van der Waals surface area (Å²) in [5.41, 5.74) is 2.13. The molecule has 6 nitrogen and oxygen atoms in total. The van der Waals surface area contributed by atoms with E-state index in [1.807, 2.05) is 32.3 Å². The molecule has 1 heterocycles. The number of hydrogen-bond acceptors (Lipinski definition) is 5. The number of alkyl carbamates (subject to hydrolysis) is 1. The van der Waals surface area contributed by atoms with Crippen molar-refractivity contribution in [3.63, 3.8) is 0 Å². The Kier molecular flexibility index (Phi) is 7.77. The molecule has 2 aromatic rings. The molecule has 1 aliphatic rings. The lowest BCUT2D eigenvalue weighted by Gasteiger charge is -2.30. The molecule has 1 fully saturated rings. The molecule has 0 saturated heterocycles. The van der Waals surface area contributed by atoms with E-state index in [1.54, 1.807) is 0 Å². The van der Waals surface area contributed by atoms with Crippen molar-refractivity contribution >= 4 is 63.3 Å². The Bertz CT molecular complexity index is 865. The van der Waals surface area contributed by atoms with Crippen molar-refractivity contribution < 1.29 is 9.53 Å². The second kappa shape index (κ2) is 10.1. The molecule has 1 saturated carbocycles.